The molecule has 0 fully saturated rings. The maximum absolute atomic E-state index is 10.7. The summed E-state index contributed by atoms with van der Waals surface area (Å²) in [5.74, 6) is 1.80. The summed E-state index contributed by atoms with van der Waals surface area (Å²) >= 11 is 3.42. The minimum atomic E-state index is 0.0515. The number of aryl methyl sites for hydroxylation is 1. The van der Waals surface area contributed by atoms with Crippen LogP contribution in [0.25, 0.3) is 22.5 Å². The Morgan fingerprint density at radius 2 is 1.77 bits per heavy atom. The van der Waals surface area contributed by atoms with Crippen LogP contribution in [0.1, 0.15) is 11.3 Å². The smallest absolute Gasteiger partial charge is 0.178 e. The lowest BCUT2D eigenvalue weighted by atomic mass is 9.98. The molecular formula is C24H20BrNO4. The van der Waals surface area contributed by atoms with Crippen LogP contribution in [0.2, 0.25) is 0 Å². The number of hydrogen-bond donors (Lipinski definition) is 1. The molecule has 0 atom stereocenters. The third-order valence-corrected chi connectivity index (χ3v) is 5.30. The number of methoxy groups -OCH3 is 1. The van der Waals surface area contributed by atoms with Gasteiger partial charge in [-0.2, -0.15) is 0 Å². The fourth-order valence-corrected chi connectivity index (χ4v) is 3.53. The molecule has 4 aromatic rings. The van der Waals surface area contributed by atoms with Crippen LogP contribution in [0.3, 0.4) is 0 Å². The van der Waals surface area contributed by atoms with Crippen LogP contribution >= 0.6 is 15.9 Å². The van der Waals surface area contributed by atoms with Gasteiger partial charge in [0.05, 0.1) is 23.9 Å². The normalized spacial score (nSPS) is 10.8. The van der Waals surface area contributed by atoms with E-state index < -0.39 is 0 Å². The van der Waals surface area contributed by atoms with Crippen LogP contribution in [0.5, 0.6) is 17.2 Å². The predicted molar refractivity (Wildman–Crippen MR) is 119 cm³/mol. The molecule has 5 nitrogen and oxygen atoms in total. The van der Waals surface area contributed by atoms with Crippen molar-refractivity contribution >= 4 is 15.9 Å². The highest BCUT2D eigenvalue weighted by atomic mass is 79.9. The summed E-state index contributed by atoms with van der Waals surface area (Å²) in [6.45, 7) is 2.27. The molecule has 0 spiro atoms. The summed E-state index contributed by atoms with van der Waals surface area (Å²) < 4.78 is 17.9. The van der Waals surface area contributed by atoms with E-state index in [2.05, 4.69) is 21.1 Å². The van der Waals surface area contributed by atoms with Crippen LogP contribution in [0.4, 0.5) is 0 Å². The Labute approximate surface area is 183 Å². The van der Waals surface area contributed by atoms with Crippen molar-refractivity contribution in [1.82, 2.24) is 5.16 Å². The largest absolute Gasteiger partial charge is 0.507 e. The van der Waals surface area contributed by atoms with Crippen molar-refractivity contribution in [2.75, 3.05) is 7.11 Å². The number of ether oxygens (including phenoxy) is 2. The van der Waals surface area contributed by atoms with E-state index in [0.29, 0.717) is 35.1 Å². The number of aromatic hydroxyl groups is 1. The first-order chi connectivity index (χ1) is 14.6. The van der Waals surface area contributed by atoms with Gasteiger partial charge in [0.25, 0.3) is 0 Å². The van der Waals surface area contributed by atoms with E-state index in [1.54, 1.807) is 25.3 Å². The van der Waals surface area contributed by atoms with Crippen LogP contribution in [0.15, 0.2) is 75.7 Å². The van der Waals surface area contributed by atoms with Gasteiger partial charge < -0.3 is 19.1 Å². The molecular weight excluding hydrogens is 446 g/mol. The lowest BCUT2D eigenvalue weighted by Crippen LogP contribution is -1.95. The van der Waals surface area contributed by atoms with Crippen molar-refractivity contribution in [3.8, 4) is 39.7 Å². The predicted octanol–water partition coefficient (Wildman–Crippen LogP) is 6.37. The average molecular weight is 466 g/mol. The number of rotatable bonds is 6. The molecule has 0 saturated heterocycles. The second kappa shape index (κ2) is 8.63. The highest BCUT2D eigenvalue weighted by Crippen LogP contribution is 2.42. The zero-order chi connectivity index (χ0) is 21.1. The Morgan fingerprint density at radius 1 is 1.00 bits per heavy atom. The van der Waals surface area contributed by atoms with Gasteiger partial charge in [0.15, 0.2) is 5.76 Å². The van der Waals surface area contributed by atoms with Crippen molar-refractivity contribution in [3.63, 3.8) is 0 Å². The molecule has 1 heterocycles. The van der Waals surface area contributed by atoms with E-state index in [1.807, 2.05) is 55.5 Å². The summed E-state index contributed by atoms with van der Waals surface area (Å²) in [5, 5.41) is 14.8. The molecule has 30 heavy (non-hydrogen) atoms. The Kier molecular flexibility index (Phi) is 5.77. The van der Waals surface area contributed by atoms with Gasteiger partial charge in [-0.25, -0.2) is 0 Å². The van der Waals surface area contributed by atoms with Crippen molar-refractivity contribution in [3.05, 3.63) is 82.5 Å². The van der Waals surface area contributed by atoms with E-state index in [0.717, 1.165) is 21.2 Å². The van der Waals surface area contributed by atoms with Crippen molar-refractivity contribution in [2.45, 2.75) is 13.5 Å². The van der Waals surface area contributed by atoms with Gasteiger partial charge in [0, 0.05) is 16.1 Å². The summed E-state index contributed by atoms with van der Waals surface area (Å²) in [6.07, 6.45) is 0. The van der Waals surface area contributed by atoms with Gasteiger partial charge in [-0.3, -0.25) is 0 Å². The van der Waals surface area contributed by atoms with Gasteiger partial charge in [-0.15, -0.1) is 0 Å². The Bertz CT molecular complexity index is 1170. The van der Waals surface area contributed by atoms with E-state index >= 15 is 0 Å². The molecule has 0 bridgehead atoms. The lowest BCUT2D eigenvalue weighted by Gasteiger charge is -2.11. The first-order valence-electron chi connectivity index (χ1n) is 9.37. The van der Waals surface area contributed by atoms with Gasteiger partial charge in [0.1, 0.15) is 23.9 Å². The first-order valence-corrected chi connectivity index (χ1v) is 10.2. The molecule has 3 aromatic carbocycles. The molecule has 0 saturated carbocycles. The minimum absolute atomic E-state index is 0.0515. The molecule has 1 aromatic heterocycles. The summed E-state index contributed by atoms with van der Waals surface area (Å²) in [7, 11) is 1.62. The number of halogens is 1. The summed E-state index contributed by atoms with van der Waals surface area (Å²) in [5.41, 5.74) is 3.91. The second-order valence-electron chi connectivity index (χ2n) is 6.77. The lowest BCUT2D eigenvalue weighted by molar-refractivity contribution is 0.304. The number of nitrogens with zero attached hydrogens (tertiary/aromatic N) is 1. The second-order valence-corrected chi connectivity index (χ2v) is 7.68. The topological polar surface area (TPSA) is 64.7 Å². The maximum Gasteiger partial charge on any atom is 0.178 e. The number of phenolic OH excluding ortho intramolecular Hbond substituents is 1. The molecule has 0 radical (unpaired) electrons. The fourth-order valence-electron chi connectivity index (χ4n) is 3.26. The molecule has 0 aliphatic rings. The highest BCUT2D eigenvalue weighted by molar-refractivity contribution is 9.10. The van der Waals surface area contributed by atoms with Crippen LogP contribution in [-0.2, 0) is 6.61 Å². The Balaban J connectivity index is 1.63. The molecule has 1 N–H and O–H groups in total. The van der Waals surface area contributed by atoms with Crippen molar-refractivity contribution in [2.24, 2.45) is 0 Å². The third kappa shape index (κ3) is 4.04. The molecule has 0 unspecified atom stereocenters. The summed E-state index contributed by atoms with van der Waals surface area (Å²) in [6, 6.07) is 20.7. The van der Waals surface area contributed by atoms with Gasteiger partial charge in [-0.05, 0) is 42.8 Å². The highest BCUT2D eigenvalue weighted by Gasteiger charge is 2.22. The van der Waals surface area contributed by atoms with E-state index in [1.165, 1.54) is 0 Å². The SMILES string of the molecule is COc1ccccc1-c1c(C)noc1-c1ccc(OCc2ccc(Br)cc2)cc1O. The summed E-state index contributed by atoms with van der Waals surface area (Å²) in [4.78, 5) is 0. The fraction of sp³-hybridized carbons (Fsp3) is 0.125. The van der Waals surface area contributed by atoms with Crippen LogP contribution < -0.4 is 9.47 Å². The van der Waals surface area contributed by atoms with Crippen LogP contribution in [0, 0.1) is 6.92 Å². The zero-order valence-electron chi connectivity index (χ0n) is 16.6. The van der Waals surface area contributed by atoms with Gasteiger partial charge in [-0.1, -0.05) is 51.4 Å². The Morgan fingerprint density at radius 3 is 2.50 bits per heavy atom. The maximum atomic E-state index is 10.7. The standard InChI is InChI=1S/C24H20BrNO4/c1-15-23(20-5-3-4-6-22(20)28-2)24(30-26-15)19-12-11-18(13-21(19)27)29-14-16-7-9-17(25)10-8-16/h3-13,27H,14H2,1-2H3. The van der Waals surface area contributed by atoms with E-state index in [-0.39, 0.29) is 5.75 Å². The van der Waals surface area contributed by atoms with Gasteiger partial charge in [0.2, 0.25) is 0 Å². The number of benzene rings is 3. The quantitative estimate of drug-likeness (QED) is 0.358. The van der Waals surface area contributed by atoms with Gasteiger partial charge >= 0.3 is 0 Å². The van der Waals surface area contributed by atoms with E-state index in [9.17, 15) is 5.11 Å². The van der Waals surface area contributed by atoms with Crippen LogP contribution in [-0.4, -0.2) is 17.4 Å². The number of para-hydroxylation sites is 1. The van der Waals surface area contributed by atoms with E-state index in [4.69, 9.17) is 14.0 Å². The molecule has 0 aliphatic heterocycles. The molecule has 0 aliphatic carbocycles. The molecule has 4 rings (SSSR count). The number of aromatic nitrogens is 1. The monoisotopic (exact) mass is 465 g/mol. The Hall–Kier alpha value is -3.25. The average Bonchev–Trinajstić information content (AvgIpc) is 3.14. The molecule has 152 valence electrons. The number of hydrogen-bond acceptors (Lipinski definition) is 5. The third-order valence-electron chi connectivity index (χ3n) is 4.77. The molecule has 0 amide bonds. The number of phenols is 1. The van der Waals surface area contributed by atoms with Crippen molar-refractivity contribution < 1.29 is 19.1 Å². The molecule has 6 heteroatoms. The first kappa shape index (κ1) is 20.0. The minimum Gasteiger partial charge on any atom is -0.507 e. The van der Waals surface area contributed by atoms with Crippen molar-refractivity contribution in [1.29, 1.82) is 0 Å². The zero-order valence-corrected chi connectivity index (χ0v) is 18.1.